The van der Waals surface area contributed by atoms with Crippen molar-refractivity contribution in [3.63, 3.8) is 0 Å². The molecule has 0 saturated carbocycles. The minimum atomic E-state index is -0.535. The van der Waals surface area contributed by atoms with Crippen molar-refractivity contribution in [1.82, 2.24) is 0 Å². The molecule has 0 fully saturated rings. The molecule has 0 unspecified atom stereocenters. The first-order chi connectivity index (χ1) is 7.27. The molecule has 0 heterocycles. The van der Waals surface area contributed by atoms with Gasteiger partial charge in [-0.2, -0.15) is 0 Å². The predicted molar refractivity (Wildman–Crippen MR) is 56.8 cm³/mol. The van der Waals surface area contributed by atoms with E-state index in [9.17, 15) is 4.39 Å². The van der Waals surface area contributed by atoms with Crippen molar-refractivity contribution < 1.29 is 18.8 Å². The second-order valence-electron chi connectivity index (χ2n) is 3.07. The molecular formula is C10H14BFO3. The van der Waals surface area contributed by atoms with Crippen molar-refractivity contribution in [3.8, 4) is 11.5 Å². The quantitative estimate of drug-likeness (QED) is 0.575. The van der Waals surface area contributed by atoms with Gasteiger partial charge in [-0.15, -0.1) is 0 Å². The molecule has 0 spiro atoms. The van der Waals surface area contributed by atoms with E-state index in [4.69, 9.17) is 9.76 Å². The van der Waals surface area contributed by atoms with E-state index in [0.29, 0.717) is 12.4 Å². The first kappa shape index (κ1) is 11.8. The Balaban J connectivity index is 2.56. The number of ether oxygens (including phenoxy) is 1. The van der Waals surface area contributed by atoms with Crippen LogP contribution in [0.25, 0.3) is 0 Å². The van der Waals surface area contributed by atoms with Crippen molar-refractivity contribution in [2.24, 2.45) is 0 Å². The van der Waals surface area contributed by atoms with Crippen LogP contribution in [0, 0.1) is 5.82 Å². The molecule has 1 rings (SSSR count). The van der Waals surface area contributed by atoms with Crippen LogP contribution < -0.4 is 9.39 Å². The Morgan fingerprint density at radius 2 is 2.27 bits per heavy atom. The Morgan fingerprint density at radius 3 is 2.87 bits per heavy atom. The minimum Gasteiger partial charge on any atom is -0.537 e. The van der Waals surface area contributed by atoms with E-state index in [1.807, 2.05) is 0 Å². The van der Waals surface area contributed by atoms with Crippen molar-refractivity contribution >= 4 is 7.69 Å². The van der Waals surface area contributed by atoms with Gasteiger partial charge in [-0.25, -0.2) is 4.39 Å². The van der Waals surface area contributed by atoms with Gasteiger partial charge in [0.25, 0.3) is 0 Å². The molecule has 0 aliphatic heterocycles. The Kier molecular flexibility index (Phi) is 4.97. The maximum atomic E-state index is 13.2. The summed E-state index contributed by atoms with van der Waals surface area (Å²) in [5.74, 6) is -0.0235. The van der Waals surface area contributed by atoms with Gasteiger partial charge in [-0.3, -0.25) is 0 Å². The average Bonchev–Trinajstić information content (AvgIpc) is 2.23. The van der Waals surface area contributed by atoms with E-state index in [1.54, 1.807) is 6.07 Å². The molecule has 0 aromatic heterocycles. The largest absolute Gasteiger partial charge is 0.537 e. The van der Waals surface area contributed by atoms with Crippen LogP contribution in [-0.4, -0.2) is 19.3 Å². The summed E-state index contributed by atoms with van der Waals surface area (Å²) in [6, 6.07) is 4.30. The molecule has 15 heavy (non-hydrogen) atoms. The molecule has 82 valence electrons. The molecule has 0 amide bonds. The van der Waals surface area contributed by atoms with Crippen molar-refractivity contribution in [1.29, 1.82) is 0 Å². The second-order valence-corrected chi connectivity index (χ2v) is 3.07. The molecule has 3 nitrogen and oxygen atoms in total. The molecule has 1 aromatic rings. The van der Waals surface area contributed by atoms with Gasteiger partial charge in [0.05, 0.1) is 6.61 Å². The standard InChI is InChI=1S/C10H14BFO3/c1-2-3-6-14-8-4-5-10(15-11-13)9(12)7-8/h4-5,7,11,13H,2-3,6H2,1H3. The summed E-state index contributed by atoms with van der Waals surface area (Å²) >= 11 is 0. The van der Waals surface area contributed by atoms with Crippen molar-refractivity contribution in [3.05, 3.63) is 24.0 Å². The molecule has 0 atom stereocenters. The lowest BCUT2D eigenvalue weighted by Crippen LogP contribution is -2.02. The van der Waals surface area contributed by atoms with Crippen LogP contribution in [0.3, 0.4) is 0 Å². The van der Waals surface area contributed by atoms with Gasteiger partial charge in [0, 0.05) is 6.07 Å². The summed E-state index contributed by atoms with van der Waals surface area (Å²) in [5.41, 5.74) is 0. The summed E-state index contributed by atoms with van der Waals surface area (Å²) in [5, 5.41) is 8.47. The fourth-order valence-corrected chi connectivity index (χ4v) is 1.09. The lowest BCUT2D eigenvalue weighted by atomic mass is 10.3. The topological polar surface area (TPSA) is 38.7 Å². The fraction of sp³-hybridized carbons (Fsp3) is 0.400. The summed E-state index contributed by atoms with van der Waals surface area (Å²) in [7, 11) is -0.535. The molecule has 1 N–H and O–H groups in total. The SMILES string of the molecule is CCCCOc1ccc(OBO)c(F)c1. The van der Waals surface area contributed by atoms with Gasteiger partial charge in [0.15, 0.2) is 5.82 Å². The fourth-order valence-electron chi connectivity index (χ4n) is 1.09. The normalized spacial score (nSPS) is 9.80. The average molecular weight is 212 g/mol. The Hall–Kier alpha value is -1.23. The molecular weight excluding hydrogens is 198 g/mol. The molecule has 0 aliphatic rings. The van der Waals surface area contributed by atoms with Crippen LogP contribution in [0.4, 0.5) is 4.39 Å². The third-order valence-electron chi connectivity index (χ3n) is 1.89. The number of benzene rings is 1. The number of hydrogen-bond acceptors (Lipinski definition) is 3. The summed E-state index contributed by atoms with van der Waals surface area (Å²) in [6.07, 6.45) is 1.98. The van der Waals surface area contributed by atoms with Crippen LogP contribution >= 0.6 is 0 Å². The number of halogens is 1. The zero-order chi connectivity index (χ0) is 11.1. The highest BCUT2D eigenvalue weighted by molar-refractivity contribution is 6.17. The molecule has 0 aliphatic carbocycles. The number of unbranched alkanes of at least 4 members (excludes halogenated alkanes) is 1. The van der Waals surface area contributed by atoms with E-state index < -0.39 is 13.5 Å². The van der Waals surface area contributed by atoms with Gasteiger partial charge in [0.1, 0.15) is 11.5 Å². The number of rotatable bonds is 6. The maximum Gasteiger partial charge on any atom is 0.504 e. The highest BCUT2D eigenvalue weighted by Gasteiger charge is 2.04. The van der Waals surface area contributed by atoms with Gasteiger partial charge >= 0.3 is 7.69 Å². The highest BCUT2D eigenvalue weighted by Crippen LogP contribution is 2.22. The Bertz CT molecular complexity index is 307. The molecule has 0 saturated heterocycles. The van der Waals surface area contributed by atoms with Gasteiger partial charge < -0.3 is 14.4 Å². The third-order valence-corrected chi connectivity index (χ3v) is 1.89. The smallest absolute Gasteiger partial charge is 0.504 e. The van der Waals surface area contributed by atoms with Gasteiger partial charge in [-0.05, 0) is 18.6 Å². The summed E-state index contributed by atoms with van der Waals surface area (Å²) in [6.45, 7) is 2.64. The van der Waals surface area contributed by atoms with Crippen LogP contribution in [0.1, 0.15) is 19.8 Å². The third kappa shape index (κ3) is 3.79. The van der Waals surface area contributed by atoms with Crippen LogP contribution in [0.15, 0.2) is 18.2 Å². The van der Waals surface area contributed by atoms with Crippen molar-refractivity contribution in [2.75, 3.05) is 6.61 Å². The predicted octanol–water partition coefficient (Wildman–Crippen LogP) is 1.64. The molecule has 0 radical (unpaired) electrons. The van der Waals surface area contributed by atoms with E-state index in [1.165, 1.54) is 12.1 Å². The Labute approximate surface area is 89.1 Å². The lowest BCUT2D eigenvalue weighted by Gasteiger charge is -2.07. The maximum absolute atomic E-state index is 13.2. The Morgan fingerprint density at radius 1 is 1.47 bits per heavy atom. The van der Waals surface area contributed by atoms with E-state index >= 15 is 0 Å². The molecule has 0 bridgehead atoms. The molecule has 1 aromatic carbocycles. The van der Waals surface area contributed by atoms with Crippen molar-refractivity contribution in [2.45, 2.75) is 19.8 Å². The summed E-state index contributed by atoms with van der Waals surface area (Å²) < 4.78 is 23.2. The zero-order valence-electron chi connectivity index (χ0n) is 8.70. The van der Waals surface area contributed by atoms with E-state index in [-0.39, 0.29) is 5.75 Å². The van der Waals surface area contributed by atoms with E-state index in [0.717, 1.165) is 12.8 Å². The van der Waals surface area contributed by atoms with E-state index in [2.05, 4.69) is 11.6 Å². The van der Waals surface area contributed by atoms with Crippen LogP contribution in [0.5, 0.6) is 11.5 Å². The first-order valence-corrected chi connectivity index (χ1v) is 4.94. The van der Waals surface area contributed by atoms with Crippen LogP contribution in [-0.2, 0) is 0 Å². The first-order valence-electron chi connectivity index (χ1n) is 4.94. The van der Waals surface area contributed by atoms with Gasteiger partial charge in [0.2, 0.25) is 0 Å². The number of hydrogen-bond donors (Lipinski definition) is 1. The zero-order valence-corrected chi connectivity index (χ0v) is 8.70. The highest BCUT2D eigenvalue weighted by atomic mass is 19.1. The second kappa shape index (κ2) is 6.29. The monoisotopic (exact) mass is 212 g/mol. The van der Waals surface area contributed by atoms with Crippen LogP contribution in [0.2, 0.25) is 0 Å². The van der Waals surface area contributed by atoms with Gasteiger partial charge in [-0.1, -0.05) is 13.3 Å². The molecule has 5 heteroatoms. The summed E-state index contributed by atoms with van der Waals surface area (Å²) in [4.78, 5) is 0. The lowest BCUT2D eigenvalue weighted by molar-refractivity contribution is 0.307. The minimum absolute atomic E-state index is 0.0281.